The van der Waals surface area contributed by atoms with Gasteiger partial charge in [0.25, 0.3) is 0 Å². The number of aliphatic carboxylic acids is 1. The van der Waals surface area contributed by atoms with Gasteiger partial charge in [-0.05, 0) is 17.2 Å². The molecule has 0 amide bonds. The highest BCUT2D eigenvalue weighted by molar-refractivity contribution is 6.42. The molecule has 132 valence electrons. The van der Waals surface area contributed by atoms with Gasteiger partial charge in [-0.3, -0.25) is 0 Å². The lowest BCUT2D eigenvalue weighted by molar-refractivity contribution is -0.130. The molecule has 0 radical (unpaired) electrons. The quantitative estimate of drug-likeness (QED) is 0.398. The van der Waals surface area contributed by atoms with Crippen molar-refractivity contribution in [1.29, 1.82) is 0 Å². The van der Waals surface area contributed by atoms with Crippen LogP contribution in [0.3, 0.4) is 0 Å². The minimum absolute atomic E-state index is 0.0248. The zero-order chi connectivity index (χ0) is 18.4. The van der Waals surface area contributed by atoms with Crippen LogP contribution in [0, 0.1) is 0 Å². The Bertz CT molecular complexity index is 814. The Balaban J connectivity index is 2.29. The highest BCUT2D eigenvalue weighted by Gasteiger charge is 2.16. The summed E-state index contributed by atoms with van der Waals surface area (Å²) >= 11 is 17.6. The largest absolute Gasteiger partial charge is 0.478 e. The maximum Gasteiger partial charge on any atom is 0.339 e. The number of ether oxygens (including phenoxy) is 2. The van der Waals surface area contributed by atoms with E-state index < -0.39 is 12.8 Å². The summed E-state index contributed by atoms with van der Waals surface area (Å²) in [5, 5.41) is 9.66. The van der Waals surface area contributed by atoms with Gasteiger partial charge in [0.05, 0.1) is 5.02 Å². The van der Waals surface area contributed by atoms with Gasteiger partial charge in [0.1, 0.15) is 23.5 Å². The first-order valence-corrected chi connectivity index (χ1v) is 7.91. The fourth-order valence-corrected chi connectivity index (χ4v) is 2.47. The molecule has 0 unspecified atom stereocenters. The van der Waals surface area contributed by atoms with E-state index in [9.17, 15) is 14.3 Å². The van der Waals surface area contributed by atoms with Crippen molar-refractivity contribution in [3.8, 4) is 5.88 Å². The molecular formula is C16H11Cl3FNO4. The summed E-state index contributed by atoms with van der Waals surface area (Å²) < 4.78 is 22.2. The number of nitrogens with zero attached hydrogens (tertiary/aromatic N) is 1. The fraction of sp³-hybridized carbons (Fsp3) is 0.125. The van der Waals surface area contributed by atoms with E-state index in [2.05, 4.69) is 9.72 Å². The molecular weight excluding hydrogens is 396 g/mol. The van der Waals surface area contributed by atoms with Gasteiger partial charge in [-0.25, -0.2) is 9.18 Å². The molecule has 0 aliphatic carbocycles. The van der Waals surface area contributed by atoms with E-state index in [1.54, 1.807) is 24.3 Å². The second kappa shape index (κ2) is 8.89. The summed E-state index contributed by atoms with van der Waals surface area (Å²) in [6, 6.07) is 7.91. The molecule has 1 heterocycles. The molecule has 1 aromatic heterocycles. The first kappa shape index (κ1) is 19.3. The number of hydrogen-bond acceptors (Lipinski definition) is 4. The number of pyridine rings is 1. The van der Waals surface area contributed by atoms with Gasteiger partial charge in [0, 0.05) is 0 Å². The predicted molar refractivity (Wildman–Crippen MR) is 92.7 cm³/mol. The van der Waals surface area contributed by atoms with Gasteiger partial charge in [-0.2, -0.15) is 4.98 Å². The summed E-state index contributed by atoms with van der Waals surface area (Å²) in [4.78, 5) is 15.3. The average molecular weight is 407 g/mol. The van der Waals surface area contributed by atoms with E-state index in [-0.39, 0.29) is 33.3 Å². The maximum atomic E-state index is 12.2. The molecule has 0 spiro atoms. The Morgan fingerprint density at radius 1 is 1.24 bits per heavy atom. The van der Waals surface area contributed by atoms with Crippen molar-refractivity contribution in [3.63, 3.8) is 0 Å². The average Bonchev–Trinajstić information content (AvgIpc) is 2.58. The Kier molecular flexibility index (Phi) is 6.87. The number of carboxylic acid groups (broad SMARTS) is 1. The van der Waals surface area contributed by atoms with E-state index in [1.807, 2.05) is 0 Å². The first-order chi connectivity index (χ1) is 11.9. The number of aromatic nitrogens is 1. The van der Waals surface area contributed by atoms with Gasteiger partial charge in [0.2, 0.25) is 12.7 Å². The van der Waals surface area contributed by atoms with Crippen molar-refractivity contribution in [3.05, 3.63) is 62.9 Å². The molecule has 0 atom stereocenters. The van der Waals surface area contributed by atoms with Crippen LogP contribution in [0.15, 0.2) is 36.6 Å². The van der Waals surface area contributed by atoms with E-state index in [0.717, 1.165) is 6.26 Å². The molecule has 5 nitrogen and oxygen atoms in total. The third kappa shape index (κ3) is 4.98. The maximum absolute atomic E-state index is 12.2. The highest BCUT2D eigenvalue weighted by atomic mass is 35.5. The summed E-state index contributed by atoms with van der Waals surface area (Å²) in [5.41, 5.74) is 0.590. The summed E-state index contributed by atoms with van der Waals surface area (Å²) in [7, 11) is 0. The zero-order valence-corrected chi connectivity index (χ0v) is 14.8. The van der Waals surface area contributed by atoms with Crippen LogP contribution in [0.5, 0.6) is 5.88 Å². The molecule has 1 aromatic carbocycles. The van der Waals surface area contributed by atoms with Crippen LogP contribution in [-0.4, -0.2) is 22.9 Å². The van der Waals surface area contributed by atoms with Crippen LogP contribution in [0.1, 0.15) is 11.1 Å². The summed E-state index contributed by atoms with van der Waals surface area (Å²) in [6.45, 7) is -1.20. The molecule has 25 heavy (non-hydrogen) atoms. The molecule has 9 heteroatoms. The third-order valence-corrected chi connectivity index (χ3v) is 3.96. The van der Waals surface area contributed by atoms with Crippen LogP contribution in [0.4, 0.5) is 4.39 Å². The van der Waals surface area contributed by atoms with Gasteiger partial charge in [0.15, 0.2) is 5.15 Å². The smallest absolute Gasteiger partial charge is 0.339 e. The van der Waals surface area contributed by atoms with Crippen LogP contribution in [0.2, 0.25) is 15.2 Å². The number of carbonyl (C=O) groups is 1. The number of hydrogen-bond donors (Lipinski definition) is 1. The topological polar surface area (TPSA) is 68.7 Å². The van der Waals surface area contributed by atoms with Crippen molar-refractivity contribution in [1.82, 2.24) is 4.98 Å². The van der Waals surface area contributed by atoms with Crippen LogP contribution < -0.4 is 4.74 Å². The Morgan fingerprint density at radius 2 is 1.96 bits per heavy atom. The summed E-state index contributed by atoms with van der Waals surface area (Å²) in [5.74, 6) is -1.22. The number of rotatable bonds is 7. The summed E-state index contributed by atoms with van der Waals surface area (Å²) in [6.07, 6.45) is 0.839. The molecule has 0 bridgehead atoms. The van der Waals surface area contributed by atoms with Gasteiger partial charge >= 0.3 is 5.97 Å². The minimum atomic E-state index is -1.27. The van der Waals surface area contributed by atoms with Gasteiger partial charge in [-0.1, -0.05) is 59.1 Å². The van der Waals surface area contributed by atoms with E-state index in [4.69, 9.17) is 39.5 Å². The van der Waals surface area contributed by atoms with Gasteiger partial charge in [-0.15, -0.1) is 0 Å². The highest BCUT2D eigenvalue weighted by Crippen LogP contribution is 2.31. The normalized spacial score (nSPS) is 11.3. The molecule has 0 saturated carbocycles. The predicted octanol–water partition coefficient (Wildman–Crippen LogP) is 4.99. The molecule has 1 N–H and O–H groups in total. The Hall–Kier alpha value is -2.02. The lowest BCUT2D eigenvalue weighted by atomic mass is 10.0. The monoisotopic (exact) mass is 405 g/mol. The van der Waals surface area contributed by atoms with E-state index in [1.165, 1.54) is 6.07 Å². The molecule has 2 rings (SSSR count). The number of benzene rings is 1. The number of carboxylic acids is 1. The number of alkyl halides is 1. The Morgan fingerprint density at radius 3 is 2.64 bits per heavy atom. The third-order valence-electron chi connectivity index (χ3n) is 3.02. The molecule has 0 fully saturated rings. The van der Waals surface area contributed by atoms with Gasteiger partial charge < -0.3 is 14.6 Å². The molecule has 0 aliphatic heterocycles. The molecule has 0 saturated heterocycles. The van der Waals surface area contributed by atoms with Crippen LogP contribution in [-0.2, 0) is 16.1 Å². The lowest BCUT2D eigenvalue weighted by Crippen LogP contribution is -2.07. The SMILES string of the molecule is O=C(O)/C(=C/OCF)c1ccccc1COc1nc(Cl)c(Cl)cc1Cl. The van der Waals surface area contributed by atoms with Crippen molar-refractivity contribution in [2.24, 2.45) is 0 Å². The Labute approximate surface area is 157 Å². The minimum Gasteiger partial charge on any atom is -0.478 e. The van der Waals surface area contributed by atoms with E-state index >= 15 is 0 Å². The number of halogens is 4. The van der Waals surface area contributed by atoms with Crippen LogP contribution >= 0.6 is 34.8 Å². The van der Waals surface area contributed by atoms with Crippen LogP contribution in [0.25, 0.3) is 5.57 Å². The van der Waals surface area contributed by atoms with E-state index in [0.29, 0.717) is 11.1 Å². The van der Waals surface area contributed by atoms with Crippen molar-refractivity contribution in [2.45, 2.75) is 6.61 Å². The molecule has 0 aliphatic rings. The molecule has 2 aromatic rings. The second-order valence-electron chi connectivity index (χ2n) is 4.61. The first-order valence-electron chi connectivity index (χ1n) is 6.77. The fourth-order valence-electron chi connectivity index (χ4n) is 1.93. The standard InChI is InChI=1S/C16H11Cl3FNO4/c17-12-5-13(18)15(21-14(12)19)25-6-9-3-1-2-4-10(9)11(16(22)23)7-24-8-20/h1-5,7H,6,8H2,(H,22,23)/b11-7+. The van der Waals surface area contributed by atoms with Crippen molar-refractivity contribution in [2.75, 3.05) is 6.86 Å². The zero-order valence-electron chi connectivity index (χ0n) is 12.5. The lowest BCUT2D eigenvalue weighted by Gasteiger charge is -2.12. The van der Waals surface area contributed by atoms with Crippen molar-refractivity contribution < 1.29 is 23.8 Å². The second-order valence-corrected chi connectivity index (χ2v) is 5.78. The van der Waals surface area contributed by atoms with Crippen molar-refractivity contribution >= 4 is 46.3 Å².